The lowest BCUT2D eigenvalue weighted by molar-refractivity contribution is -0.138. The zero-order chi connectivity index (χ0) is 24.2. The molecule has 8 heteroatoms. The fourth-order valence-electron chi connectivity index (χ4n) is 3.78. The molecule has 2 aromatic carbocycles. The number of esters is 1. The van der Waals surface area contributed by atoms with E-state index in [1.807, 2.05) is 38.1 Å². The van der Waals surface area contributed by atoms with E-state index in [2.05, 4.69) is 16.8 Å². The Morgan fingerprint density at radius 3 is 2.36 bits per heavy atom. The lowest BCUT2D eigenvalue weighted by Crippen LogP contribution is -2.48. The first kappa shape index (κ1) is 24.9. The number of rotatable bonds is 7. The SMILES string of the molecule is C=C1SC(Nc2ccc(/C=C/C(=O)OCC)cc2)(c2ccc(C(F)(F)F)cc2)N(CC)C1C. The van der Waals surface area contributed by atoms with Crippen molar-refractivity contribution in [3.63, 3.8) is 0 Å². The van der Waals surface area contributed by atoms with Gasteiger partial charge in [-0.2, -0.15) is 13.2 Å². The number of nitrogens with one attached hydrogen (secondary N) is 1. The molecule has 0 spiro atoms. The highest BCUT2D eigenvalue weighted by atomic mass is 32.2. The lowest BCUT2D eigenvalue weighted by Gasteiger charge is -2.40. The fourth-order valence-corrected chi connectivity index (χ4v) is 5.29. The van der Waals surface area contributed by atoms with Crippen LogP contribution >= 0.6 is 11.8 Å². The van der Waals surface area contributed by atoms with Gasteiger partial charge in [-0.1, -0.05) is 49.5 Å². The molecule has 0 radical (unpaired) electrons. The van der Waals surface area contributed by atoms with Gasteiger partial charge in [0, 0.05) is 23.4 Å². The molecule has 0 aliphatic carbocycles. The van der Waals surface area contributed by atoms with Crippen LogP contribution in [0.15, 0.2) is 66.1 Å². The van der Waals surface area contributed by atoms with E-state index in [0.717, 1.165) is 28.3 Å². The first-order valence-electron chi connectivity index (χ1n) is 10.7. The first-order valence-corrected chi connectivity index (χ1v) is 11.5. The minimum absolute atomic E-state index is 0.0292. The number of anilines is 1. The molecule has 1 saturated heterocycles. The number of ether oxygens (including phenoxy) is 1. The average molecular weight is 477 g/mol. The number of thioether (sulfide) groups is 1. The van der Waals surface area contributed by atoms with Crippen LogP contribution in [0.1, 0.15) is 37.5 Å². The van der Waals surface area contributed by atoms with E-state index >= 15 is 0 Å². The first-order chi connectivity index (χ1) is 15.6. The molecule has 2 unspecified atom stereocenters. The molecule has 176 valence electrons. The van der Waals surface area contributed by atoms with Crippen LogP contribution in [0.5, 0.6) is 0 Å². The van der Waals surface area contributed by atoms with Gasteiger partial charge >= 0.3 is 12.1 Å². The minimum Gasteiger partial charge on any atom is -0.463 e. The van der Waals surface area contributed by atoms with Crippen LogP contribution in [-0.2, 0) is 20.7 Å². The van der Waals surface area contributed by atoms with Crippen molar-refractivity contribution in [1.82, 2.24) is 4.90 Å². The Morgan fingerprint density at radius 1 is 1.18 bits per heavy atom. The maximum Gasteiger partial charge on any atom is 0.416 e. The van der Waals surface area contributed by atoms with Crippen molar-refractivity contribution < 1.29 is 22.7 Å². The van der Waals surface area contributed by atoms with Crippen molar-refractivity contribution in [2.45, 2.75) is 38.0 Å². The monoisotopic (exact) mass is 476 g/mol. The molecule has 1 fully saturated rings. The highest BCUT2D eigenvalue weighted by Gasteiger charge is 2.48. The van der Waals surface area contributed by atoms with E-state index in [1.54, 1.807) is 13.0 Å². The van der Waals surface area contributed by atoms with Gasteiger partial charge in [-0.15, -0.1) is 0 Å². The molecule has 2 aromatic rings. The summed E-state index contributed by atoms with van der Waals surface area (Å²) in [6.45, 7) is 10.9. The molecule has 1 aliphatic heterocycles. The number of hydrogen-bond donors (Lipinski definition) is 1. The van der Waals surface area contributed by atoms with Gasteiger partial charge in [0.05, 0.1) is 12.2 Å². The normalized spacial score (nSPS) is 21.5. The van der Waals surface area contributed by atoms with Gasteiger partial charge < -0.3 is 10.1 Å². The fraction of sp³-hybridized carbons (Fsp3) is 0.320. The highest BCUT2D eigenvalue weighted by Crippen LogP contribution is 2.52. The highest BCUT2D eigenvalue weighted by molar-refractivity contribution is 8.04. The number of hydrogen-bond acceptors (Lipinski definition) is 5. The van der Waals surface area contributed by atoms with Gasteiger partial charge in [-0.05, 0) is 61.2 Å². The van der Waals surface area contributed by atoms with Crippen molar-refractivity contribution in [1.29, 1.82) is 0 Å². The second-order valence-corrected chi connectivity index (χ2v) is 8.90. The van der Waals surface area contributed by atoms with Gasteiger partial charge in [-0.3, -0.25) is 4.90 Å². The molecule has 1 aliphatic rings. The molecule has 0 aromatic heterocycles. The summed E-state index contributed by atoms with van der Waals surface area (Å²) in [5.74, 6) is -0.408. The molecule has 0 saturated carbocycles. The Hall–Kier alpha value is -2.71. The van der Waals surface area contributed by atoms with Crippen molar-refractivity contribution >= 4 is 29.5 Å². The Bertz CT molecular complexity index is 1020. The summed E-state index contributed by atoms with van der Waals surface area (Å²) in [6.07, 6.45) is -1.36. The van der Waals surface area contributed by atoms with E-state index in [4.69, 9.17) is 4.74 Å². The minimum atomic E-state index is -4.39. The number of alkyl halides is 3. The van der Waals surface area contributed by atoms with Crippen LogP contribution in [0.2, 0.25) is 0 Å². The maximum atomic E-state index is 13.1. The predicted octanol–water partition coefficient (Wildman–Crippen LogP) is 6.48. The van der Waals surface area contributed by atoms with Crippen molar-refractivity contribution in [3.8, 4) is 0 Å². The third-order valence-electron chi connectivity index (χ3n) is 5.48. The number of halogens is 3. The Labute approximate surface area is 196 Å². The molecule has 3 rings (SSSR count). The Morgan fingerprint density at radius 2 is 1.82 bits per heavy atom. The Balaban J connectivity index is 1.93. The third kappa shape index (κ3) is 5.45. The van der Waals surface area contributed by atoms with E-state index in [1.165, 1.54) is 30.0 Å². The van der Waals surface area contributed by atoms with Crippen LogP contribution in [0.3, 0.4) is 0 Å². The van der Waals surface area contributed by atoms with Gasteiger partial charge in [0.15, 0.2) is 4.99 Å². The van der Waals surface area contributed by atoms with Gasteiger partial charge in [0.1, 0.15) is 0 Å². The van der Waals surface area contributed by atoms with Crippen LogP contribution < -0.4 is 5.32 Å². The van der Waals surface area contributed by atoms with Crippen LogP contribution in [0, 0.1) is 0 Å². The molecular formula is C25H27F3N2O2S. The second kappa shape index (κ2) is 10.1. The van der Waals surface area contributed by atoms with Gasteiger partial charge in [-0.25, -0.2) is 4.79 Å². The zero-order valence-electron chi connectivity index (χ0n) is 18.8. The molecule has 4 nitrogen and oxygen atoms in total. The average Bonchev–Trinajstić information content (AvgIpc) is 3.02. The van der Waals surface area contributed by atoms with E-state index < -0.39 is 22.7 Å². The summed E-state index contributed by atoms with van der Waals surface area (Å²) in [5, 5.41) is 3.53. The maximum absolute atomic E-state index is 13.1. The number of carbonyl (C=O) groups is 1. The van der Waals surface area contributed by atoms with Crippen LogP contribution in [-0.4, -0.2) is 30.1 Å². The van der Waals surface area contributed by atoms with Gasteiger partial charge in [0.25, 0.3) is 0 Å². The van der Waals surface area contributed by atoms with Crippen LogP contribution in [0.25, 0.3) is 6.08 Å². The zero-order valence-corrected chi connectivity index (χ0v) is 19.6. The van der Waals surface area contributed by atoms with Crippen molar-refractivity contribution in [3.05, 3.63) is 82.8 Å². The van der Waals surface area contributed by atoms with Crippen LogP contribution in [0.4, 0.5) is 18.9 Å². The Kier molecular flexibility index (Phi) is 7.59. The quantitative estimate of drug-likeness (QED) is 0.366. The standard InChI is InChI=1S/C25H27F3N2O2S/c1-5-30-17(3)18(4)33-25(30,21-12-10-20(11-13-21)24(26,27)28)29-22-14-7-19(8-15-22)9-16-23(31)32-6-2/h7-17,29H,4-6H2,1-3H3/b16-9+. The van der Waals surface area contributed by atoms with Crippen molar-refractivity contribution in [2.75, 3.05) is 18.5 Å². The summed E-state index contributed by atoms with van der Waals surface area (Å²) in [7, 11) is 0. The number of benzene rings is 2. The molecule has 2 atom stereocenters. The molecule has 1 N–H and O–H groups in total. The largest absolute Gasteiger partial charge is 0.463 e. The molecule has 0 amide bonds. The molecule has 1 heterocycles. The molecular weight excluding hydrogens is 449 g/mol. The van der Waals surface area contributed by atoms with Gasteiger partial charge in [0.2, 0.25) is 0 Å². The number of nitrogens with zero attached hydrogens (tertiary/aromatic N) is 1. The van der Waals surface area contributed by atoms with E-state index in [0.29, 0.717) is 18.7 Å². The third-order valence-corrected chi connectivity index (χ3v) is 6.95. The van der Waals surface area contributed by atoms with Crippen molar-refractivity contribution in [2.24, 2.45) is 0 Å². The lowest BCUT2D eigenvalue weighted by atomic mass is 10.1. The van der Waals surface area contributed by atoms with E-state index in [9.17, 15) is 18.0 Å². The predicted molar refractivity (Wildman–Crippen MR) is 127 cm³/mol. The summed E-state index contributed by atoms with van der Waals surface area (Å²) in [5.41, 5.74) is 1.63. The topological polar surface area (TPSA) is 41.6 Å². The van der Waals surface area contributed by atoms with E-state index in [-0.39, 0.29) is 6.04 Å². The summed E-state index contributed by atoms with van der Waals surface area (Å²) >= 11 is 1.50. The molecule has 33 heavy (non-hydrogen) atoms. The number of likely N-dealkylation sites (N-methyl/N-ethyl adjacent to an activating group) is 1. The molecule has 0 bridgehead atoms. The summed E-state index contributed by atoms with van der Waals surface area (Å²) in [6, 6.07) is 12.7. The second-order valence-electron chi connectivity index (χ2n) is 7.58. The number of carbonyl (C=O) groups excluding carboxylic acids is 1. The smallest absolute Gasteiger partial charge is 0.416 e. The summed E-state index contributed by atoms with van der Waals surface area (Å²) < 4.78 is 44.2. The summed E-state index contributed by atoms with van der Waals surface area (Å²) in [4.78, 5) is 13.8.